The molecule has 1 heterocycles. The molecule has 0 aliphatic carbocycles. The van der Waals surface area contributed by atoms with Crippen LogP contribution in [-0.4, -0.2) is 16.9 Å². The quantitative estimate of drug-likeness (QED) is 0.368. The van der Waals surface area contributed by atoms with Crippen molar-refractivity contribution in [2.24, 2.45) is 0 Å². The third kappa shape index (κ3) is 4.10. The van der Waals surface area contributed by atoms with Crippen molar-refractivity contribution in [3.63, 3.8) is 0 Å². The molecule has 0 saturated heterocycles. The monoisotopic (exact) mass is 402 g/mol. The smallest absolute Gasteiger partial charge is 0.343 e. The second kappa shape index (κ2) is 8.12. The van der Waals surface area contributed by atoms with Gasteiger partial charge in [-0.3, -0.25) is 9.78 Å². The van der Waals surface area contributed by atoms with Gasteiger partial charge in [0.25, 0.3) is 5.91 Å². The number of ether oxygens (including phenoxy) is 1. The van der Waals surface area contributed by atoms with Crippen LogP contribution in [0.4, 0.5) is 5.69 Å². The summed E-state index contributed by atoms with van der Waals surface area (Å²) in [5.74, 6) is -0.536. The summed E-state index contributed by atoms with van der Waals surface area (Å²) in [6.45, 7) is 0. The van der Waals surface area contributed by atoms with Crippen molar-refractivity contribution in [2.75, 3.05) is 5.32 Å². The number of aromatic nitrogens is 1. The SMILES string of the molecule is O=C(Oc1cccc2cccc(NC(=O)c3cc(Cl)ccn3)c12)c1ccccc1. The van der Waals surface area contributed by atoms with Crippen LogP contribution in [0.5, 0.6) is 5.75 Å². The van der Waals surface area contributed by atoms with Gasteiger partial charge in [0.05, 0.1) is 11.3 Å². The lowest BCUT2D eigenvalue weighted by Gasteiger charge is -2.13. The summed E-state index contributed by atoms with van der Waals surface area (Å²) in [7, 11) is 0. The molecule has 0 bridgehead atoms. The number of esters is 1. The highest BCUT2D eigenvalue weighted by atomic mass is 35.5. The minimum atomic E-state index is -0.476. The molecule has 0 spiro atoms. The summed E-state index contributed by atoms with van der Waals surface area (Å²) in [5.41, 5.74) is 1.13. The first-order valence-corrected chi connectivity index (χ1v) is 9.21. The molecule has 0 radical (unpaired) electrons. The maximum Gasteiger partial charge on any atom is 0.343 e. The van der Waals surface area contributed by atoms with Gasteiger partial charge in [0.15, 0.2) is 0 Å². The van der Waals surface area contributed by atoms with Gasteiger partial charge in [-0.05, 0) is 41.8 Å². The number of amides is 1. The number of nitrogens with zero attached hydrogens (tertiary/aromatic N) is 1. The van der Waals surface area contributed by atoms with Gasteiger partial charge in [-0.2, -0.15) is 0 Å². The lowest BCUT2D eigenvalue weighted by atomic mass is 10.1. The fourth-order valence-corrected chi connectivity index (χ4v) is 3.10. The lowest BCUT2D eigenvalue weighted by molar-refractivity contribution is 0.0737. The highest BCUT2D eigenvalue weighted by Gasteiger charge is 2.15. The zero-order chi connectivity index (χ0) is 20.2. The standard InChI is InChI=1S/C23H15ClN2O3/c24-17-12-13-25-19(14-17)22(27)26-18-10-4-8-15-9-5-11-20(21(15)18)29-23(28)16-6-2-1-3-7-16/h1-14H,(H,26,27). The topological polar surface area (TPSA) is 68.3 Å². The first-order chi connectivity index (χ1) is 14.1. The molecule has 1 amide bonds. The predicted octanol–water partition coefficient (Wildman–Crippen LogP) is 5.36. The first kappa shape index (κ1) is 18.7. The molecule has 0 unspecified atom stereocenters. The summed E-state index contributed by atoms with van der Waals surface area (Å²) < 4.78 is 5.63. The summed E-state index contributed by atoms with van der Waals surface area (Å²) in [6.07, 6.45) is 1.47. The summed E-state index contributed by atoms with van der Waals surface area (Å²) in [5, 5.41) is 4.69. The summed E-state index contributed by atoms with van der Waals surface area (Å²) in [4.78, 5) is 29.2. The number of benzene rings is 3. The molecule has 0 aliphatic rings. The number of fused-ring (bicyclic) bond motifs is 1. The minimum Gasteiger partial charge on any atom is -0.422 e. The van der Waals surface area contributed by atoms with E-state index in [1.54, 1.807) is 48.5 Å². The van der Waals surface area contributed by atoms with Crippen LogP contribution < -0.4 is 10.1 Å². The Morgan fingerprint density at radius 1 is 0.897 bits per heavy atom. The molecular formula is C23H15ClN2O3. The van der Waals surface area contributed by atoms with Crippen LogP contribution in [0, 0.1) is 0 Å². The third-order valence-electron chi connectivity index (χ3n) is 4.28. The Bertz CT molecular complexity index is 1200. The molecule has 0 fully saturated rings. The Morgan fingerprint density at radius 3 is 2.41 bits per heavy atom. The molecule has 3 aromatic carbocycles. The van der Waals surface area contributed by atoms with Crippen molar-refractivity contribution in [2.45, 2.75) is 0 Å². The van der Waals surface area contributed by atoms with Crippen molar-refractivity contribution < 1.29 is 14.3 Å². The van der Waals surface area contributed by atoms with Crippen LogP contribution in [0.15, 0.2) is 85.1 Å². The average molecular weight is 403 g/mol. The molecule has 5 nitrogen and oxygen atoms in total. The largest absolute Gasteiger partial charge is 0.422 e. The number of hydrogen-bond acceptors (Lipinski definition) is 4. The number of pyridine rings is 1. The van der Waals surface area contributed by atoms with Crippen LogP contribution >= 0.6 is 11.6 Å². The van der Waals surface area contributed by atoms with Crippen molar-refractivity contribution in [3.8, 4) is 5.75 Å². The van der Waals surface area contributed by atoms with E-state index < -0.39 is 11.9 Å². The molecule has 0 aliphatic heterocycles. The Labute approximate surface area is 171 Å². The van der Waals surface area contributed by atoms with Gasteiger partial charge in [-0.1, -0.05) is 54.1 Å². The zero-order valence-electron chi connectivity index (χ0n) is 15.1. The van der Waals surface area contributed by atoms with Crippen LogP contribution in [0.1, 0.15) is 20.8 Å². The second-order valence-corrected chi connectivity index (χ2v) is 6.67. The van der Waals surface area contributed by atoms with Gasteiger partial charge in [0, 0.05) is 16.6 Å². The minimum absolute atomic E-state index is 0.188. The molecule has 29 heavy (non-hydrogen) atoms. The third-order valence-corrected chi connectivity index (χ3v) is 4.52. The summed E-state index contributed by atoms with van der Waals surface area (Å²) in [6, 6.07) is 22.6. The van der Waals surface area contributed by atoms with E-state index in [-0.39, 0.29) is 5.69 Å². The number of nitrogens with one attached hydrogen (secondary N) is 1. The van der Waals surface area contributed by atoms with E-state index in [0.29, 0.717) is 27.4 Å². The van der Waals surface area contributed by atoms with E-state index >= 15 is 0 Å². The normalized spacial score (nSPS) is 10.5. The van der Waals surface area contributed by atoms with Crippen molar-refractivity contribution in [1.82, 2.24) is 4.98 Å². The molecule has 4 aromatic rings. The molecule has 142 valence electrons. The number of halogens is 1. The van der Waals surface area contributed by atoms with Gasteiger partial charge >= 0.3 is 5.97 Å². The number of hydrogen-bond donors (Lipinski definition) is 1. The fourth-order valence-electron chi connectivity index (χ4n) is 2.94. The Balaban J connectivity index is 1.70. The molecular weight excluding hydrogens is 388 g/mol. The fraction of sp³-hybridized carbons (Fsp3) is 0. The molecule has 6 heteroatoms. The van der Waals surface area contributed by atoms with E-state index in [4.69, 9.17) is 16.3 Å². The molecule has 1 N–H and O–H groups in total. The number of carbonyl (C=O) groups is 2. The Morgan fingerprint density at radius 2 is 1.66 bits per heavy atom. The molecule has 0 atom stereocenters. The van der Waals surface area contributed by atoms with E-state index in [9.17, 15) is 9.59 Å². The van der Waals surface area contributed by atoms with E-state index in [2.05, 4.69) is 10.3 Å². The highest BCUT2D eigenvalue weighted by molar-refractivity contribution is 6.31. The first-order valence-electron chi connectivity index (χ1n) is 8.84. The lowest BCUT2D eigenvalue weighted by Crippen LogP contribution is -2.14. The predicted molar refractivity (Wildman–Crippen MR) is 113 cm³/mol. The molecule has 4 rings (SSSR count). The van der Waals surface area contributed by atoms with Crippen molar-refractivity contribution in [3.05, 3.63) is 101 Å². The van der Waals surface area contributed by atoms with E-state index in [0.717, 1.165) is 5.39 Å². The van der Waals surface area contributed by atoms with Gasteiger partial charge in [0.1, 0.15) is 11.4 Å². The van der Waals surface area contributed by atoms with Crippen LogP contribution in [0.2, 0.25) is 5.02 Å². The van der Waals surface area contributed by atoms with Crippen LogP contribution in [0.3, 0.4) is 0 Å². The Hall–Kier alpha value is -3.70. The van der Waals surface area contributed by atoms with Crippen molar-refractivity contribution in [1.29, 1.82) is 0 Å². The maximum absolute atomic E-state index is 12.6. The van der Waals surface area contributed by atoms with Gasteiger partial charge in [0.2, 0.25) is 0 Å². The molecule has 0 saturated carbocycles. The Kier molecular flexibility index (Phi) is 5.22. The zero-order valence-corrected chi connectivity index (χ0v) is 15.9. The van der Waals surface area contributed by atoms with Crippen LogP contribution in [0.25, 0.3) is 10.8 Å². The van der Waals surface area contributed by atoms with Gasteiger partial charge in [-0.15, -0.1) is 0 Å². The number of rotatable bonds is 4. The maximum atomic E-state index is 12.6. The van der Waals surface area contributed by atoms with Crippen LogP contribution in [-0.2, 0) is 0 Å². The number of carbonyl (C=O) groups excluding carboxylic acids is 2. The number of anilines is 1. The van der Waals surface area contributed by atoms with Crippen molar-refractivity contribution >= 4 is 39.9 Å². The van der Waals surface area contributed by atoms with Gasteiger partial charge in [-0.25, -0.2) is 4.79 Å². The molecule has 1 aromatic heterocycles. The van der Waals surface area contributed by atoms with E-state index in [1.807, 2.05) is 24.3 Å². The van der Waals surface area contributed by atoms with Gasteiger partial charge < -0.3 is 10.1 Å². The summed E-state index contributed by atoms with van der Waals surface area (Å²) >= 11 is 5.95. The highest BCUT2D eigenvalue weighted by Crippen LogP contribution is 2.33. The average Bonchev–Trinajstić information content (AvgIpc) is 2.74. The second-order valence-electron chi connectivity index (χ2n) is 6.23. The van der Waals surface area contributed by atoms with E-state index in [1.165, 1.54) is 12.3 Å².